The van der Waals surface area contributed by atoms with Gasteiger partial charge in [0.2, 0.25) is 0 Å². The van der Waals surface area contributed by atoms with Gasteiger partial charge in [0.15, 0.2) is 0 Å². The van der Waals surface area contributed by atoms with Gasteiger partial charge in [-0.25, -0.2) is 0 Å². The molecule has 0 radical (unpaired) electrons. The Hall–Kier alpha value is 0.540. The summed E-state index contributed by atoms with van der Waals surface area (Å²) in [5, 5.41) is 2.17. The largest absolute Gasteiger partial charge is 1.00 e. The highest BCUT2D eigenvalue weighted by molar-refractivity contribution is 6.17. The molecule has 0 rings (SSSR count). The number of hydrogen-bond acceptors (Lipinski definition) is 0. The average molecular weight is 158 g/mol. The minimum absolute atomic E-state index is 0. The molecule has 0 aliphatic rings. The van der Waals surface area contributed by atoms with E-state index >= 15 is 0 Å². The molecule has 0 saturated heterocycles. The maximum Gasteiger partial charge on any atom is 0.0753 e. The molecule has 0 atom stereocenters. The summed E-state index contributed by atoms with van der Waals surface area (Å²) < 4.78 is 0. The Morgan fingerprint density at radius 3 is 2.38 bits per heavy atom. The van der Waals surface area contributed by atoms with E-state index in [1.54, 1.807) is 0 Å². The van der Waals surface area contributed by atoms with Gasteiger partial charge < -0.3 is 17.7 Å². The molecular weight excluding hydrogens is 145 g/mol. The Bertz CT molecular complexity index is 29.6. The Balaban J connectivity index is 0. The maximum absolute atomic E-state index is 5.42. The predicted molar refractivity (Wildman–Crippen MR) is 32.7 cm³/mol. The molecule has 1 nitrogen and oxygen atoms in total. The molecule has 52 valence electrons. The van der Waals surface area contributed by atoms with Gasteiger partial charge in [0, 0.05) is 5.88 Å². The second-order valence-corrected chi connectivity index (χ2v) is 1.97. The molecule has 0 fully saturated rings. The molecule has 0 aliphatic carbocycles. The summed E-state index contributed by atoms with van der Waals surface area (Å²) in [4.78, 5) is 0. The lowest BCUT2D eigenvalue weighted by Gasteiger charge is -1.89. The highest BCUT2D eigenvalue weighted by Gasteiger charge is 1.82. The molecule has 0 heterocycles. The average Bonchev–Trinajstić information content (AvgIpc) is 1.69. The van der Waals surface area contributed by atoms with Gasteiger partial charge in [-0.2, -0.15) is 0 Å². The highest BCUT2D eigenvalue weighted by atomic mass is 35.5. The SMILES string of the molecule is C[NH2+]CCCCCl.[Cl-]. The van der Waals surface area contributed by atoms with Gasteiger partial charge in [-0.3, -0.25) is 0 Å². The van der Waals surface area contributed by atoms with Crippen LogP contribution in [0.25, 0.3) is 0 Å². The number of nitrogens with two attached hydrogens (primary N) is 1. The summed E-state index contributed by atoms with van der Waals surface area (Å²) >= 11 is 5.42. The van der Waals surface area contributed by atoms with Crippen molar-refractivity contribution in [3.63, 3.8) is 0 Å². The summed E-state index contributed by atoms with van der Waals surface area (Å²) in [6, 6.07) is 0. The van der Waals surface area contributed by atoms with Crippen molar-refractivity contribution in [1.82, 2.24) is 0 Å². The van der Waals surface area contributed by atoms with Crippen molar-refractivity contribution in [3.8, 4) is 0 Å². The zero-order valence-corrected chi connectivity index (χ0v) is 6.67. The monoisotopic (exact) mass is 157 g/mol. The molecule has 0 bridgehead atoms. The third kappa shape index (κ3) is 9.74. The molecule has 2 N–H and O–H groups in total. The van der Waals surface area contributed by atoms with Crippen molar-refractivity contribution in [3.05, 3.63) is 0 Å². The summed E-state index contributed by atoms with van der Waals surface area (Å²) in [5.41, 5.74) is 0. The molecule has 0 aromatic heterocycles. The van der Waals surface area contributed by atoms with Gasteiger partial charge in [-0.1, -0.05) is 0 Å². The van der Waals surface area contributed by atoms with E-state index in [-0.39, 0.29) is 12.4 Å². The Kier molecular flexibility index (Phi) is 14.9. The zero-order chi connectivity index (χ0) is 5.54. The first-order valence-electron chi connectivity index (χ1n) is 2.75. The van der Waals surface area contributed by atoms with E-state index in [0.29, 0.717) is 0 Å². The topological polar surface area (TPSA) is 16.6 Å². The number of hydrogen-bond donors (Lipinski definition) is 1. The van der Waals surface area contributed by atoms with Crippen molar-refractivity contribution in [1.29, 1.82) is 0 Å². The van der Waals surface area contributed by atoms with Gasteiger partial charge in [-0.05, 0) is 12.8 Å². The van der Waals surface area contributed by atoms with Gasteiger partial charge in [0.05, 0.1) is 13.6 Å². The van der Waals surface area contributed by atoms with Crippen molar-refractivity contribution in [2.75, 3.05) is 19.5 Å². The first-order valence-corrected chi connectivity index (χ1v) is 3.29. The lowest BCUT2D eigenvalue weighted by atomic mass is 10.3. The lowest BCUT2D eigenvalue weighted by molar-refractivity contribution is -0.627. The fourth-order valence-corrected chi connectivity index (χ4v) is 0.632. The summed E-state index contributed by atoms with van der Waals surface area (Å²) in [7, 11) is 2.08. The third-order valence-corrected chi connectivity index (χ3v) is 1.14. The van der Waals surface area contributed by atoms with Crippen LogP contribution >= 0.6 is 11.6 Å². The minimum atomic E-state index is 0. The highest BCUT2D eigenvalue weighted by Crippen LogP contribution is 1.86. The molecule has 0 spiro atoms. The van der Waals surface area contributed by atoms with E-state index in [2.05, 4.69) is 12.4 Å². The molecule has 0 aromatic carbocycles. The number of quaternary nitrogens is 1. The van der Waals surface area contributed by atoms with Crippen LogP contribution in [-0.4, -0.2) is 19.5 Å². The van der Waals surface area contributed by atoms with Crippen LogP contribution < -0.4 is 17.7 Å². The fourth-order valence-electron chi connectivity index (χ4n) is 0.443. The summed E-state index contributed by atoms with van der Waals surface area (Å²) in [5.74, 6) is 0.813. The lowest BCUT2D eigenvalue weighted by Crippen LogP contribution is -3.00. The predicted octanol–water partition coefficient (Wildman–Crippen LogP) is -2.80. The Labute approximate surface area is 62.2 Å². The van der Waals surface area contributed by atoms with E-state index in [1.807, 2.05) is 0 Å². The Morgan fingerprint density at radius 2 is 2.00 bits per heavy atom. The summed E-state index contributed by atoms with van der Waals surface area (Å²) in [6.45, 7) is 1.22. The molecule has 8 heavy (non-hydrogen) atoms. The standard InChI is InChI=1S/C5H12ClN.ClH/c1-7-5-3-2-4-6;/h7H,2-5H2,1H3;1H. The number of rotatable bonds is 4. The zero-order valence-electron chi connectivity index (χ0n) is 5.16. The summed E-state index contributed by atoms with van der Waals surface area (Å²) in [6.07, 6.45) is 2.41. The van der Waals surface area contributed by atoms with E-state index in [4.69, 9.17) is 11.6 Å². The van der Waals surface area contributed by atoms with Crippen LogP contribution in [0.3, 0.4) is 0 Å². The number of alkyl halides is 1. The van der Waals surface area contributed by atoms with Crippen LogP contribution in [0, 0.1) is 0 Å². The fraction of sp³-hybridized carbons (Fsp3) is 1.00. The second-order valence-electron chi connectivity index (χ2n) is 1.59. The van der Waals surface area contributed by atoms with Crippen molar-refractivity contribution < 1.29 is 17.7 Å². The second kappa shape index (κ2) is 10.5. The minimum Gasteiger partial charge on any atom is -1.00 e. The Morgan fingerprint density at radius 1 is 1.38 bits per heavy atom. The molecule has 3 heteroatoms. The number of unbranched alkanes of at least 4 members (excludes halogenated alkanes) is 1. The van der Waals surface area contributed by atoms with Crippen LogP contribution in [0.2, 0.25) is 0 Å². The van der Waals surface area contributed by atoms with Crippen LogP contribution in [-0.2, 0) is 0 Å². The van der Waals surface area contributed by atoms with Crippen LogP contribution in [0.15, 0.2) is 0 Å². The molecular formula is C5H13Cl2N. The quantitative estimate of drug-likeness (QED) is 0.336. The molecule has 0 aliphatic heterocycles. The van der Waals surface area contributed by atoms with Crippen molar-refractivity contribution in [2.45, 2.75) is 12.8 Å². The third-order valence-electron chi connectivity index (χ3n) is 0.876. The van der Waals surface area contributed by atoms with E-state index in [0.717, 1.165) is 12.3 Å². The van der Waals surface area contributed by atoms with Crippen LogP contribution in [0.4, 0.5) is 0 Å². The molecule has 0 unspecified atom stereocenters. The first kappa shape index (κ1) is 11.4. The smallest absolute Gasteiger partial charge is 0.0753 e. The van der Waals surface area contributed by atoms with E-state index in [1.165, 1.54) is 13.0 Å². The van der Waals surface area contributed by atoms with Crippen LogP contribution in [0.5, 0.6) is 0 Å². The molecule has 0 amide bonds. The first-order chi connectivity index (χ1) is 3.41. The van der Waals surface area contributed by atoms with Gasteiger partial charge in [0.1, 0.15) is 0 Å². The van der Waals surface area contributed by atoms with Gasteiger partial charge in [-0.15, -0.1) is 11.6 Å². The van der Waals surface area contributed by atoms with E-state index < -0.39 is 0 Å². The maximum atomic E-state index is 5.42. The van der Waals surface area contributed by atoms with Gasteiger partial charge >= 0.3 is 0 Å². The van der Waals surface area contributed by atoms with Gasteiger partial charge in [0.25, 0.3) is 0 Å². The number of halogens is 2. The van der Waals surface area contributed by atoms with Crippen LogP contribution in [0.1, 0.15) is 12.8 Å². The van der Waals surface area contributed by atoms with E-state index in [9.17, 15) is 0 Å². The molecule has 0 aromatic rings. The van der Waals surface area contributed by atoms with Crippen molar-refractivity contribution >= 4 is 11.6 Å². The van der Waals surface area contributed by atoms with Crippen molar-refractivity contribution in [2.24, 2.45) is 0 Å². The molecule has 0 saturated carbocycles. The normalized spacial score (nSPS) is 8.25.